The van der Waals surface area contributed by atoms with Gasteiger partial charge >= 0.3 is 0 Å². The highest BCUT2D eigenvalue weighted by Crippen LogP contribution is 2.25. The van der Waals surface area contributed by atoms with Crippen molar-refractivity contribution in [1.82, 2.24) is 4.72 Å². The minimum atomic E-state index is -4.10. The van der Waals surface area contributed by atoms with Crippen LogP contribution in [0.15, 0.2) is 47.4 Å². The van der Waals surface area contributed by atoms with E-state index in [1.54, 1.807) is 4.90 Å². The first-order chi connectivity index (χ1) is 11.8. The highest BCUT2D eigenvalue weighted by atomic mass is 32.2. The van der Waals surface area contributed by atoms with Gasteiger partial charge < -0.3 is 4.90 Å². The van der Waals surface area contributed by atoms with Gasteiger partial charge in [-0.25, -0.2) is 12.8 Å². The van der Waals surface area contributed by atoms with Crippen LogP contribution in [-0.4, -0.2) is 26.9 Å². The molecule has 25 heavy (non-hydrogen) atoms. The number of nitrogens with one attached hydrogen (secondary N) is 1. The zero-order valence-corrected chi connectivity index (χ0v) is 14.8. The fourth-order valence-electron chi connectivity index (χ4n) is 3.07. The van der Waals surface area contributed by atoms with Crippen LogP contribution in [0.2, 0.25) is 0 Å². The number of hydrogen-bond acceptors (Lipinski definition) is 3. The van der Waals surface area contributed by atoms with Gasteiger partial charge in [0, 0.05) is 12.2 Å². The summed E-state index contributed by atoms with van der Waals surface area (Å²) in [5, 5.41) is 0. The molecule has 1 aliphatic rings. The van der Waals surface area contributed by atoms with Crippen molar-refractivity contribution in [2.24, 2.45) is 0 Å². The maximum absolute atomic E-state index is 13.8. The van der Waals surface area contributed by atoms with Crippen LogP contribution in [-0.2, 0) is 14.8 Å². The zero-order valence-electron chi connectivity index (χ0n) is 14.0. The largest absolute Gasteiger partial charge is 0.311 e. The molecule has 1 fully saturated rings. The Morgan fingerprint density at radius 3 is 2.40 bits per heavy atom. The average molecular weight is 362 g/mol. The van der Waals surface area contributed by atoms with Crippen LogP contribution >= 0.6 is 0 Å². The Labute approximate surface area is 146 Å². The van der Waals surface area contributed by atoms with Crippen molar-refractivity contribution in [3.05, 3.63) is 59.4 Å². The summed E-state index contributed by atoms with van der Waals surface area (Å²) in [5.41, 5.74) is 2.80. The Morgan fingerprint density at radius 2 is 1.76 bits per heavy atom. The minimum Gasteiger partial charge on any atom is -0.311 e. The summed E-state index contributed by atoms with van der Waals surface area (Å²) >= 11 is 0. The molecular weight excluding hydrogens is 343 g/mol. The molecule has 1 amide bonds. The highest BCUT2D eigenvalue weighted by Gasteiger charge is 2.36. The van der Waals surface area contributed by atoms with E-state index in [1.165, 1.54) is 18.2 Å². The average Bonchev–Trinajstić information content (AvgIpc) is 2.87. The number of anilines is 1. The summed E-state index contributed by atoms with van der Waals surface area (Å²) in [6.07, 6.45) is 0.333. The second-order valence-electron chi connectivity index (χ2n) is 6.23. The Kier molecular flexibility index (Phi) is 4.62. The molecule has 5 nitrogen and oxygen atoms in total. The van der Waals surface area contributed by atoms with Gasteiger partial charge in [-0.3, -0.25) is 4.79 Å². The molecule has 1 heterocycles. The van der Waals surface area contributed by atoms with Crippen molar-refractivity contribution < 1.29 is 17.6 Å². The van der Waals surface area contributed by atoms with Gasteiger partial charge in [0.15, 0.2) is 0 Å². The van der Waals surface area contributed by atoms with Gasteiger partial charge in [-0.15, -0.1) is 0 Å². The molecule has 1 atom stereocenters. The quantitative estimate of drug-likeness (QED) is 0.909. The van der Waals surface area contributed by atoms with Gasteiger partial charge in [-0.05, 0) is 55.7 Å². The molecule has 0 bridgehead atoms. The maximum Gasteiger partial charge on any atom is 0.245 e. The summed E-state index contributed by atoms with van der Waals surface area (Å²) in [7, 11) is -4.10. The van der Waals surface area contributed by atoms with Crippen LogP contribution < -0.4 is 9.62 Å². The third kappa shape index (κ3) is 3.57. The van der Waals surface area contributed by atoms with Crippen molar-refractivity contribution in [2.75, 3.05) is 11.4 Å². The zero-order chi connectivity index (χ0) is 18.2. The SMILES string of the molecule is Cc1cc(C)cc(N2CC[C@@H](NS(=O)(=O)c3ccccc3F)C2=O)c1. The molecule has 2 aromatic carbocycles. The number of rotatable bonds is 4. The smallest absolute Gasteiger partial charge is 0.245 e. The first-order valence-electron chi connectivity index (χ1n) is 7.94. The normalized spacial score (nSPS) is 18.0. The number of amides is 1. The summed E-state index contributed by atoms with van der Waals surface area (Å²) < 4.78 is 40.9. The molecule has 1 N–H and O–H groups in total. The van der Waals surface area contributed by atoms with E-state index in [0.717, 1.165) is 22.9 Å². The topological polar surface area (TPSA) is 66.5 Å². The number of aryl methyl sites for hydroxylation is 2. The van der Waals surface area contributed by atoms with E-state index in [1.807, 2.05) is 32.0 Å². The van der Waals surface area contributed by atoms with Crippen LogP contribution in [0.5, 0.6) is 0 Å². The standard InChI is InChI=1S/C18H19FN2O3S/c1-12-9-13(2)11-14(10-12)21-8-7-16(18(21)22)20-25(23,24)17-6-4-3-5-15(17)19/h3-6,9-11,16,20H,7-8H2,1-2H3/t16-/m1/s1. The Bertz CT molecular complexity index is 907. The number of carbonyl (C=O) groups excluding carboxylic acids is 1. The minimum absolute atomic E-state index is 0.329. The third-order valence-electron chi connectivity index (χ3n) is 4.15. The second-order valence-corrected chi connectivity index (χ2v) is 7.91. The van der Waals surface area contributed by atoms with Gasteiger partial charge in [0.25, 0.3) is 0 Å². The van der Waals surface area contributed by atoms with Crippen molar-refractivity contribution in [1.29, 1.82) is 0 Å². The first-order valence-corrected chi connectivity index (χ1v) is 9.43. The van der Waals surface area contributed by atoms with Crippen LogP contribution in [0, 0.1) is 19.7 Å². The van der Waals surface area contributed by atoms with Gasteiger partial charge in [-0.1, -0.05) is 18.2 Å². The van der Waals surface area contributed by atoms with Gasteiger partial charge in [-0.2, -0.15) is 4.72 Å². The number of benzene rings is 2. The van der Waals surface area contributed by atoms with E-state index >= 15 is 0 Å². The molecule has 1 aliphatic heterocycles. The molecule has 2 aromatic rings. The molecule has 0 aromatic heterocycles. The summed E-state index contributed by atoms with van der Waals surface area (Å²) in [6.45, 7) is 4.29. The first kappa shape index (κ1) is 17.6. The van der Waals surface area contributed by atoms with Crippen molar-refractivity contribution in [2.45, 2.75) is 31.2 Å². The number of sulfonamides is 1. The van der Waals surface area contributed by atoms with Crippen molar-refractivity contribution in [3.8, 4) is 0 Å². The molecule has 1 saturated heterocycles. The Morgan fingerprint density at radius 1 is 1.12 bits per heavy atom. The lowest BCUT2D eigenvalue weighted by Gasteiger charge is -2.18. The highest BCUT2D eigenvalue weighted by molar-refractivity contribution is 7.89. The molecular formula is C18H19FN2O3S. The Balaban J connectivity index is 1.82. The monoisotopic (exact) mass is 362 g/mol. The molecule has 132 valence electrons. The van der Waals surface area contributed by atoms with E-state index in [2.05, 4.69) is 4.72 Å². The lowest BCUT2D eigenvalue weighted by Crippen LogP contribution is -2.41. The fourth-order valence-corrected chi connectivity index (χ4v) is 4.37. The van der Waals surface area contributed by atoms with E-state index < -0.39 is 26.8 Å². The van der Waals surface area contributed by atoms with Gasteiger partial charge in [0.05, 0.1) is 0 Å². The van der Waals surface area contributed by atoms with Crippen LogP contribution in [0.4, 0.5) is 10.1 Å². The molecule has 0 radical (unpaired) electrons. The lowest BCUT2D eigenvalue weighted by molar-refractivity contribution is -0.118. The summed E-state index contributed by atoms with van der Waals surface area (Å²) in [6, 6.07) is 9.99. The number of carbonyl (C=O) groups is 1. The molecule has 0 unspecified atom stereocenters. The molecule has 3 rings (SSSR count). The van der Waals surface area contributed by atoms with Crippen LogP contribution in [0.25, 0.3) is 0 Å². The fraction of sp³-hybridized carbons (Fsp3) is 0.278. The van der Waals surface area contributed by atoms with Crippen molar-refractivity contribution >= 4 is 21.6 Å². The number of halogens is 1. The van der Waals surface area contributed by atoms with Crippen LogP contribution in [0.1, 0.15) is 17.5 Å². The van der Waals surface area contributed by atoms with E-state index in [-0.39, 0.29) is 5.91 Å². The van der Waals surface area contributed by atoms with E-state index in [9.17, 15) is 17.6 Å². The summed E-state index contributed by atoms with van der Waals surface area (Å²) in [4.78, 5) is 13.7. The van der Waals surface area contributed by atoms with E-state index in [0.29, 0.717) is 13.0 Å². The molecule has 7 heteroatoms. The number of hydrogen-bond donors (Lipinski definition) is 1. The molecule has 0 saturated carbocycles. The predicted octanol–water partition coefficient (Wildman–Crippen LogP) is 2.53. The van der Waals surface area contributed by atoms with Gasteiger partial charge in [0.1, 0.15) is 16.8 Å². The third-order valence-corrected chi connectivity index (χ3v) is 5.65. The van der Waals surface area contributed by atoms with Crippen LogP contribution in [0.3, 0.4) is 0 Å². The maximum atomic E-state index is 13.8. The summed E-state index contributed by atoms with van der Waals surface area (Å²) in [5.74, 6) is -1.17. The van der Waals surface area contributed by atoms with Crippen molar-refractivity contribution in [3.63, 3.8) is 0 Å². The Hall–Kier alpha value is -2.25. The predicted molar refractivity (Wildman–Crippen MR) is 93.4 cm³/mol. The van der Waals surface area contributed by atoms with Gasteiger partial charge in [0.2, 0.25) is 15.9 Å². The molecule has 0 aliphatic carbocycles. The number of nitrogens with zero attached hydrogens (tertiary/aromatic N) is 1. The lowest BCUT2D eigenvalue weighted by atomic mass is 10.1. The van der Waals surface area contributed by atoms with E-state index in [4.69, 9.17) is 0 Å². The second kappa shape index (κ2) is 6.57. The molecule has 0 spiro atoms.